The molecule has 1 saturated carbocycles. The summed E-state index contributed by atoms with van der Waals surface area (Å²) in [5, 5.41) is 14.6. The van der Waals surface area contributed by atoms with Gasteiger partial charge in [-0.15, -0.1) is 11.8 Å². The third kappa shape index (κ3) is 3.48. The van der Waals surface area contributed by atoms with Crippen molar-refractivity contribution < 1.29 is 19.3 Å². The van der Waals surface area contributed by atoms with Gasteiger partial charge in [-0.1, -0.05) is 6.92 Å². The Bertz CT molecular complexity index is 820. The van der Waals surface area contributed by atoms with Crippen molar-refractivity contribution in [1.82, 2.24) is 15.8 Å². The highest BCUT2D eigenvalue weighted by molar-refractivity contribution is 7.98. The van der Waals surface area contributed by atoms with Gasteiger partial charge in [-0.2, -0.15) is 5.01 Å². The second-order valence-electron chi connectivity index (χ2n) is 6.92. The van der Waals surface area contributed by atoms with E-state index < -0.39 is 28.3 Å². The Morgan fingerprint density at radius 1 is 1.37 bits per heavy atom. The molecule has 0 atom stereocenters. The summed E-state index contributed by atoms with van der Waals surface area (Å²) in [5.41, 5.74) is 1.11. The summed E-state index contributed by atoms with van der Waals surface area (Å²) >= 11 is 1.19. The summed E-state index contributed by atoms with van der Waals surface area (Å²) in [6.07, 6.45) is 4.38. The second-order valence-corrected chi connectivity index (χ2v) is 7.77. The number of nitrogens with zero attached hydrogens (tertiary/aromatic N) is 2. The van der Waals surface area contributed by atoms with Crippen LogP contribution in [0.5, 0.6) is 0 Å². The first-order valence-corrected chi connectivity index (χ1v) is 9.80. The summed E-state index contributed by atoms with van der Waals surface area (Å²) in [6.45, 7) is 2.10. The van der Waals surface area contributed by atoms with E-state index in [1.54, 1.807) is 6.26 Å². The monoisotopic (exact) mass is 392 g/mol. The van der Waals surface area contributed by atoms with Crippen LogP contribution in [-0.4, -0.2) is 39.6 Å². The second kappa shape index (κ2) is 7.18. The fourth-order valence-electron chi connectivity index (χ4n) is 3.46. The molecular weight excluding hydrogens is 372 g/mol. The molecule has 1 spiro atoms. The molecule has 144 valence electrons. The zero-order valence-electron chi connectivity index (χ0n) is 15.0. The van der Waals surface area contributed by atoms with Crippen LogP contribution in [0.2, 0.25) is 0 Å². The van der Waals surface area contributed by atoms with E-state index in [1.807, 2.05) is 0 Å². The molecule has 2 N–H and O–H groups in total. The summed E-state index contributed by atoms with van der Waals surface area (Å²) in [5.74, 6) is -0.752. The molecule has 1 aliphatic carbocycles. The maximum Gasteiger partial charge on any atom is 0.344 e. The van der Waals surface area contributed by atoms with Crippen molar-refractivity contribution in [3.8, 4) is 0 Å². The lowest BCUT2D eigenvalue weighted by Crippen LogP contribution is -2.51. The first-order chi connectivity index (χ1) is 12.8. The fourth-order valence-corrected chi connectivity index (χ4v) is 4.00. The van der Waals surface area contributed by atoms with E-state index in [2.05, 4.69) is 17.7 Å². The molecule has 1 aromatic rings. The predicted octanol–water partition coefficient (Wildman–Crippen LogP) is 2.46. The summed E-state index contributed by atoms with van der Waals surface area (Å²) < 4.78 is 0. The third-order valence-corrected chi connectivity index (χ3v) is 5.93. The lowest BCUT2D eigenvalue weighted by Gasteiger charge is -2.33. The lowest BCUT2D eigenvalue weighted by molar-refractivity contribution is -0.387. The van der Waals surface area contributed by atoms with Crippen LogP contribution >= 0.6 is 11.8 Å². The van der Waals surface area contributed by atoms with Crippen LogP contribution < -0.4 is 10.7 Å². The summed E-state index contributed by atoms with van der Waals surface area (Å²) in [6, 6.07) is 3.34. The number of rotatable bonds is 4. The highest BCUT2D eigenvalue weighted by Crippen LogP contribution is 2.36. The predicted molar refractivity (Wildman–Crippen MR) is 98.1 cm³/mol. The first kappa shape index (κ1) is 19.2. The van der Waals surface area contributed by atoms with Gasteiger partial charge in [-0.05, 0) is 50.0 Å². The van der Waals surface area contributed by atoms with Crippen molar-refractivity contribution in [3.05, 3.63) is 33.9 Å². The van der Waals surface area contributed by atoms with Crippen molar-refractivity contribution in [2.75, 3.05) is 6.26 Å². The van der Waals surface area contributed by atoms with Gasteiger partial charge in [-0.25, -0.2) is 4.79 Å². The minimum atomic E-state index is -0.967. The van der Waals surface area contributed by atoms with Crippen LogP contribution in [0.15, 0.2) is 23.1 Å². The Balaban J connectivity index is 1.78. The van der Waals surface area contributed by atoms with Gasteiger partial charge < -0.3 is 5.32 Å². The van der Waals surface area contributed by atoms with E-state index in [4.69, 9.17) is 0 Å². The number of thioether (sulfide) groups is 1. The Kier molecular flexibility index (Phi) is 5.09. The van der Waals surface area contributed by atoms with E-state index in [0.717, 1.165) is 18.9 Å². The standard InChI is InChI=1S/C17H20N4O5S/c1-10-5-7-17(8-6-10)15(23)20(16(24)18-17)19-14(22)11-3-4-13(27-2)12(9-11)21(25)26/h3-4,9-10H,5-8H2,1-2H3,(H,18,24)(H,19,22). The number of hydrogen-bond acceptors (Lipinski definition) is 6. The van der Waals surface area contributed by atoms with E-state index in [1.165, 1.54) is 23.9 Å². The SMILES string of the molecule is CSc1ccc(C(=O)NN2C(=O)NC3(CCC(C)CC3)C2=O)cc1[N+](=O)[O-]. The van der Waals surface area contributed by atoms with Crippen molar-refractivity contribution in [3.63, 3.8) is 0 Å². The van der Waals surface area contributed by atoms with Crippen LogP contribution in [0.1, 0.15) is 43.0 Å². The molecule has 1 aliphatic heterocycles. The Hall–Kier alpha value is -2.62. The molecule has 0 unspecified atom stereocenters. The van der Waals surface area contributed by atoms with E-state index >= 15 is 0 Å². The number of imide groups is 1. The fraction of sp³-hybridized carbons (Fsp3) is 0.471. The largest absolute Gasteiger partial charge is 0.344 e. The zero-order chi connectivity index (χ0) is 19.8. The van der Waals surface area contributed by atoms with Gasteiger partial charge >= 0.3 is 6.03 Å². The average molecular weight is 392 g/mol. The van der Waals surface area contributed by atoms with Crippen molar-refractivity contribution in [1.29, 1.82) is 0 Å². The number of nitrogens with one attached hydrogen (secondary N) is 2. The minimum absolute atomic E-state index is 0.00156. The smallest absolute Gasteiger partial charge is 0.322 e. The zero-order valence-corrected chi connectivity index (χ0v) is 15.8. The van der Waals surface area contributed by atoms with Gasteiger partial charge in [0, 0.05) is 11.6 Å². The molecule has 4 amide bonds. The minimum Gasteiger partial charge on any atom is -0.322 e. The highest BCUT2D eigenvalue weighted by atomic mass is 32.2. The summed E-state index contributed by atoms with van der Waals surface area (Å²) in [7, 11) is 0. The third-order valence-electron chi connectivity index (χ3n) is 5.14. The number of amides is 4. The quantitative estimate of drug-likeness (QED) is 0.351. The maximum atomic E-state index is 12.8. The first-order valence-electron chi connectivity index (χ1n) is 8.57. The molecule has 1 aromatic carbocycles. The van der Waals surface area contributed by atoms with Crippen molar-refractivity contribution >= 4 is 35.3 Å². The maximum absolute atomic E-state index is 12.8. The van der Waals surface area contributed by atoms with Crippen LogP contribution in [0.25, 0.3) is 0 Å². The summed E-state index contributed by atoms with van der Waals surface area (Å²) in [4.78, 5) is 48.5. The molecule has 9 nitrogen and oxygen atoms in total. The van der Waals surface area contributed by atoms with E-state index in [-0.39, 0.29) is 11.3 Å². The van der Waals surface area contributed by atoms with Crippen LogP contribution in [0.3, 0.4) is 0 Å². The molecule has 1 saturated heterocycles. The van der Waals surface area contributed by atoms with E-state index in [9.17, 15) is 24.5 Å². The molecule has 27 heavy (non-hydrogen) atoms. The van der Waals surface area contributed by atoms with Gasteiger partial charge in [0.25, 0.3) is 17.5 Å². The number of hydrogen-bond donors (Lipinski definition) is 2. The van der Waals surface area contributed by atoms with Crippen LogP contribution in [0, 0.1) is 16.0 Å². The molecule has 2 aliphatic rings. The number of urea groups is 1. The molecule has 1 heterocycles. The Morgan fingerprint density at radius 2 is 2.04 bits per heavy atom. The Labute approximate surface area is 160 Å². The normalized spacial score (nSPS) is 24.8. The average Bonchev–Trinajstić information content (AvgIpc) is 2.87. The molecule has 3 rings (SSSR count). The molecule has 0 radical (unpaired) electrons. The van der Waals surface area contributed by atoms with Gasteiger partial charge in [0.1, 0.15) is 5.54 Å². The lowest BCUT2D eigenvalue weighted by atomic mass is 9.77. The van der Waals surface area contributed by atoms with Crippen molar-refractivity contribution in [2.24, 2.45) is 5.92 Å². The Morgan fingerprint density at radius 3 is 2.63 bits per heavy atom. The molecule has 0 bridgehead atoms. The molecule has 10 heteroatoms. The number of carbonyl (C=O) groups excluding carboxylic acids is 3. The number of hydrazine groups is 1. The molecule has 0 aromatic heterocycles. The van der Waals surface area contributed by atoms with Gasteiger partial charge in [0.05, 0.1) is 9.82 Å². The van der Waals surface area contributed by atoms with Crippen molar-refractivity contribution in [2.45, 2.75) is 43.0 Å². The molecular formula is C17H20N4O5S. The van der Waals surface area contributed by atoms with Crippen LogP contribution in [-0.2, 0) is 4.79 Å². The van der Waals surface area contributed by atoms with Crippen LogP contribution in [0.4, 0.5) is 10.5 Å². The molecule has 2 fully saturated rings. The van der Waals surface area contributed by atoms with Gasteiger partial charge in [-0.3, -0.25) is 25.1 Å². The number of nitro benzene ring substituents is 1. The van der Waals surface area contributed by atoms with E-state index in [0.29, 0.717) is 28.7 Å². The highest BCUT2D eigenvalue weighted by Gasteiger charge is 2.52. The number of carbonyl (C=O) groups is 3. The van der Waals surface area contributed by atoms with Gasteiger partial charge in [0.15, 0.2) is 0 Å². The number of nitro groups is 1. The van der Waals surface area contributed by atoms with Gasteiger partial charge in [0.2, 0.25) is 0 Å². The number of benzene rings is 1. The topological polar surface area (TPSA) is 122 Å².